The summed E-state index contributed by atoms with van der Waals surface area (Å²) in [6.07, 6.45) is -4.11. The number of nitrogens with one attached hydrogen (secondary N) is 1. The normalized spacial score (nSPS) is 15.0. The molecule has 0 aliphatic heterocycles. The van der Waals surface area contributed by atoms with E-state index in [-0.39, 0.29) is 6.04 Å². The molecule has 1 unspecified atom stereocenters. The summed E-state index contributed by atoms with van der Waals surface area (Å²) in [6.45, 7) is 7.69. The Bertz CT molecular complexity index is 169. The molecule has 0 spiro atoms. The van der Waals surface area contributed by atoms with E-state index in [1.165, 1.54) is 4.90 Å². The summed E-state index contributed by atoms with van der Waals surface area (Å²) < 4.78 is 36.6. The van der Waals surface area contributed by atoms with Gasteiger partial charge < -0.3 is 5.32 Å². The number of alkyl halides is 3. The average molecular weight is 226 g/mol. The zero-order valence-electron chi connectivity index (χ0n) is 9.86. The second kappa shape index (κ2) is 6.33. The van der Waals surface area contributed by atoms with Crippen molar-refractivity contribution in [2.24, 2.45) is 0 Å². The van der Waals surface area contributed by atoms with Gasteiger partial charge in [-0.3, -0.25) is 4.90 Å². The number of hydrogen-bond donors (Lipinski definition) is 1. The van der Waals surface area contributed by atoms with Gasteiger partial charge in [-0.1, -0.05) is 20.8 Å². The van der Waals surface area contributed by atoms with Crippen molar-refractivity contribution in [1.82, 2.24) is 10.2 Å². The zero-order chi connectivity index (χ0) is 12.1. The van der Waals surface area contributed by atoms with E-state index in [0.717, 1.165) is 0 Å². The van der Waals surface area contributed by atoms with Crippen LogP contribution in [0.2, 0.25) is 0 Å². The van der Waals surface area contributed by atoms with Gasteiger partial charge in [0.2, 0.25) is 0 Å². The van der Waals surface area contributed by atoms with Gasteiger partial charge in [0.15, 0.2) is 0 Å². The number of hydrogen-bond acceptors (Lipinski definition) is 2. The molecular weight excluding hydrogens is 205 g/mol. The Hall–Kier alpha value is -0.290. The molecule has 2 nitrogen and oxygen atoms in total. The highest BCUT2D eigenvalue weighted by Gasteiger charge is 2.31. The standard InChI is InChI=1S/C10H21F3N2/c1-5-15(7-10(11,12)13)9(4)6-14-8(2)3/h8-9,14H,5-7H2,1-4H3. The molecule has 0 rings (SSSR count). The third-order valence-electron chi connectivity index (χ3n) is 2.23. The second-order valence-electron chi connectivity index (χ2n) is 4.09. The molecule has 0 amide bonds. The fourth-order valence-electron chi connectivity index (χ4n) is 1.34. The molecule has 0 aromatic carbocycles. The summed E-state index contributed by atoms with van der Waals surface area (Å²) in [5, 5.41) is 3.14. The largest absolute Gasteiger partial charge is 0.401 e. The third-order valence-corrected chi connectivity index (χ3v) is 2.23. The smallest absolute Gasteiger partial charge is 0.313 e. The van der Waals surface area contributed by atoms with Crippen LogP contribution in [0.4, 0.5) is 13.2 Å². The van der Waals surface area contributed by atoms with Crippen LogP contribution in [0, 0.1) is 0 Å². The monoisotopic (exact) mass is 226 g/mol. The van der Waals surface area contributed by atoms with Crippen molar-refractivity contribution in [3.05, 3.63) is 0 Å². The summed E-state index contributed by atoms with van der Waals surface area (Å²) in [6, 6.07) is 0.205. The number of likely N-dealkylation sites (N-methyl/N-ethyl adjacent to an activating group) is 1. The van der Waals surface area contributed by atoms with E-state index in [2.05, 4.69) is 5.32 Å². The van der Waals surface area contributed by atoms with Crippen LogP contribution in [0.25, 0.3) is 0 Å². The minimum Gasteiger partial charge on any atom is -0.313 e. The highest BCUT2D eigenvalue weighted by molar-refractivity contribution is 4.72. The van der Waals surface area contributed by atoms with Crippen molar-refractivity contribution in [3.8, 4) is 0 Å². The van der Waals surface area contributed by atoms with E-state index >= 15 is 0 Å². The fourth-order valence-corrected chi connectivity index (χ4v) is 1.34. The van der Waals surface area contributed by atoms with E-state index in [1.807, 2.05) is 20.8 Å². The van der Waals surface area contributed by atoms with Crippen LogP contribution >= 0.6 is 0 Å². The van der Waals surface area contributed by atoms with Gasteiger partial charge in [-0.15, -0.1) is 0 Å². The summed E-state index contributed by atoms with van der Waals surface area (Å²) in [5.41, 5.74) is 0. The van der Waals surface area contributed by atoms with Crippen LogP contribution in [-0.4, -0.2) is 42.8 Å². The predicted octanol–water partition coefficient (Wildman–Crippen LogP) is 2.26. The zero-order valence-corrected chi connectivity index (χ0v) is 9.86. The lowest BCUT2D eigenvalue weighted by molar-refractivity contribution is -0.149. The molecule has 0 heterocycles. The van der Waals surface area contributed by atoms with Crippen molar-refractivity contribution in [2.75, 3.05) is 19.6 Å². The molecule has 0 radical (unpaired) electrons. The topological polar surface area (TPSA) is 15.3 Å². The van der Waals surface area contributed by atoms with Crippen LogP contribution in [0.5, 0.6) is 0 Å². The molecule has 1 N–H and O–H groups in total. The molecule has 15 heavy (non-hydrogen) atoms. The van der Waals surface area contributed by atoms with Crippen LogP contribution < -0.4 is 5.32 Å². The minimum atomic E-state index is -4.11. The van der Waals surface area contributed by atoms with Crippen LogP contribution in [0.3, 0.4) is 0 Å². The van der Waals surface area contributed by atoms with Crippen molar-refractivity contribution in [1.29, 1.82) is 0 Å². The molecule has 0 fully saturated rings. The van der Waals surface area contributed by atoms with Gasteiger partial charge in [0.25, 0.3) is 0 Å². The first-order valence-electron chi connectivity index (χ1n) is 5.30. The molecule has 0 aliphatic carbocycles. The van der Waals surface area contributed by atoms with Crippen LogP contribution in [0.15, 0.2) is 0 Å². The summed E-state index contributed by atoms with van der Waals surface area (Å²) in [5.74, 6) is 0. The van der Waals surface area contributed by atoms with E-state index in [4.69, 9.17) is 0 Å². The van der Waals surface area contributed by atoms with Crippen molar-refractivity contribution in [3.63, 3.8) is 0 Å². The van der Waals surface area contributed by atoms with Crippen molar-refractivity contribution < 1.29 is 13.2 Å². The SMILES string of the molecule is CCN(CC(F)(F)F)C(C)CNC(C)C. The van der Waals surface area contributed by atoms with Crippen molar-refractivity contribution in [2.45, 2.75) is 46.0 Å². The van der Waals surface area contributed by atoms with Gasteiger partial charge in [-0.2, -0.15) is 13.2 Å². The molecule has 5 heteroatoms. The summed E-state index contributed by atoms with van der Waals surface area (Å²) in [4.78, 5) is 1.43. The Morgan fingerprint density at radius 1 is 1.20 bits per heavy atom. The molecule has 0 aromatic rings. The lowest BCUT2D eigenvalue weighted by atomic mass is 10.2. The Morgan fingerprint density at radius 3 is 2.07 bits per heavy atom. The Kier molecular flexibility index (Phi) is 6.20. The lowest BCUT2D eigenvalue weighted by Gasteiger charge is -2.29. The number of nitrogens with zero attached hydrogens (tertiary/aromatic N) is 1. The molecule has 0 bridgehead atoms. The first-order valence-corrected chi connectivity index (χ1v) is 5.30. The number of rotatable bonds is 6. The Morgan fingerprint density at radius 2 is 1.73 bits per heavy atom. The van der Waals surface area contributed by atoms with E-state index < -0.39 is 12.7 Å². The third kappa shape index (κ3) is 7.62. The Balaban J connectivity index is 4.04. The maximum Gasteiger partial charge on any atom is 0.401 e. The molecule has 0 aliphatic rings. The van der Waals surface area contributed by atoms with Gasteiger partial charge in [0.05, 0.1) is 6.54 Å². The molecule has 0 saturated heterocycles. The highest BCUT2D eigenvalue weighted by Crippen LogP contribution is 2.17. The maximum absolute atomic E-state index is 12.2. The van der Waals surface area contributed by atoms with E-state index in [0.29, 0.717) is 19.1 Å². The summed E-state index contributed by atoms with van der Waals surface area (Å²) in [7, 11) is 0. The molecule has 92 valence electrons. The fraction of sp³-hybridized carbons (Fsp3) is 1.00. The van der Waals surface area contributed by atoms with Crippen LogP contribution in [-0.2, 0) is 0 Å². The Labute approximate surface area is 89.8 Å². The second-order valence-corrected chi connectivity index (χ2v) is 4.09. The maximum atomic E-state index is 12.2. The van der Waals surface area contributed by atoms with Gasteiger partial charge in [-0.05, 0) is 13.5 Å². The molecule has 0 saturated carbocycles. The molecular formula is C10H21F3N2. The molecule has 1 atom stereocenters. The first-order chi connectivity index (χ1) is 6.76. The quantitative estimate of drug-likeness (QED) is 0.747. The summed E-state index contributed by atoms with van der Waals surface area (Å²) >= 11 is 0. The predicted molar refractivity (Wildman–Crippen MR) is 55.9 cm³/mol. The molecule has 0 aromatic heterocycles. The van der Waals surface area contributed by atoms with Gasteiger partial charge in [-0.25, -0.2) is 0 Å². The highest BCUT2D eigenvalue weighted by atomic mass is 19.4. The van der Waals surface area contributed by atoms with Crippen LogP contribution in [0.1, 0.15) is 27.7 Å². The van der Waals surface area contributed by atoms with Gasteiger partial charge in [0, 0.05) is 18.6 Å². The van der Waals surface area contributed by atoms with Gasteiger partial charge >= 0.3 is 6.18 Å². The van der Waals surface area contributed by atoms with E-state index in [9.17, 15) is 13.2 Å². The lowest BCUT2D eigenvalue weighted by Crippen LogP contribution is -2.46. The van der Waals surface area contributed by atoms with Crippen molar-refractivity contribution >= 4 is 0 Å². The first kappa shape index (κ1) is 14.7. The van der Waals surface area contributed by atoms with E-state index in [1.54, 1.807) is 6.92 Å². The minimum absolute atomic E-state index is 0.0981. The number of halogens is 3. The average Bonchev–Trinajstić information content (AvgIpc) is 2.08. The van der Waals surface area contributed by atoms with Gasteiger partial charge in [0.1, 0.15) is 0 Å².